The number of carbonyl (C=O) groups is 1. The molecular weight excluding hydrogens is 386 g/mol. The smallest absolute Gasteiger partial charge is 0.267 e. The Balaban J connectivity index is 2.32. The topological polar surface area (TPSA) is 99.6 Å². The Morgan fingerprint density at radius 1 is 1.26 bits per heavy atom. The van der Waals surface area contributed by atoms with Crippen molar-refractivity contribution in [3.63, 3.8) is 0 Å². The second-order valence-corrected chi connectivity index (χ2v) is 9.97. The van der Waals surface area contributed by atoms with Gasteiger partial charge in [0.05, 0.1) is 21.8 Å². The van der Waals surface area contributed by atoms with Crippen LogP contribution in [0.2, 0.25) is 0 Å². The van der Waals surface area contributed by atoms with Gasteiger partial charge in [0.2, 0.25) is 10.0 Å². The van der Waals surface area contributed by atoms with E-state index in [0.29, 0.717) is 18.0 Å². The van der Waals surface area contributed by atoms with Gasteiger partial charge >= 0.3 is 0 Å². The molecule has 0 atom stereocenters. The van der Waals surface area contributed by atoms with E-state index in [-0.39, 0.29) is 21.7 Å². The van der Waals surface area contributed by atoms with E-state index >= 15 is 0 Å². The quantitative estimate of drug-likeness (QED) is 0.710. The number of amides is 1. The van der Waals surface area contributed by atoms with Crippen LogP contribution in [0.3, 0.4) is 0 Å². The number of nitrogens with one attached hydrogen (secondary N) is 1. The summed E-state index contributed by atoms with van der Waals surface area (Å²) in [5, 5.41) is 13.4. The molecule has 7 nitrogen and oxygen atoms in total. The Morgan fingerprint density at radius 2 is 1.89 bits per heavy atom. The lowest BCUT2D eigenvalue weighted by molar-refractivity contribution is 0.103. The molecule has 2 rings (SSSR count). The molecule has 2 aromatic rings. The first kappa shape index (κ1) is 21.3. The molecule has 148 valence electrons. The van der Waals surface area contributed by atoms with Crippen LogP contribution in [0.25, 0.3) is 0 Å². The standard InChI is InChI=1S/C18H25N3O4S2/c1-6-21(7-2)27(24,25)12-8-9-14(22)13(10-12)20-16(23)15-11-19-17(26-15)18(3,4)5/h8-11,22H,6-7H2,1-5H3,(H,20,23). The molecule has 0 spiro atoms. The first-order valence-electron chi connectivity index (χ1n) is 8.61. The molecule has 0 bridgehead atoms. The minimum absolute atomic E-state index is 0.0129. The van der Waals surface area contributed by atoms with Gasteiger partial charge in [-0.3, -0.25) is 4.79 Å². The predicted octanol–water partition coefficient (Wildman–Crippen LogP) is 3.43. The minimum Gasteiger partial charge on any atom is -0.506 e. The van der Waals surface area contributed by atoms with E-state index in [1.807, 2.05) is 20.8 Å². The van der Waals surface area contributed by atoms with Crippen molar-refractivity contribution in [2.24, 2.45) is 0 Å². The zero-order valence-corrected chi connectivity index (χ0v) is 17.7. The monoisotopic (exact) mass is 411 g/mol. The van der Waals surface area contributed by atoms with Crippen LogP contribution in [0.15, 0.2) is 29.3 Å². The molecule has 0 fully saturated rings. The number of phenols is 1. The third-order valence-corrected chi connectivity index (χ3v) is 7.40. The second-order valence-electron chi connectivity index (χ2n) is 7.00. The molecule has 0 aliphatic heterocycles. The van der Waals surface area contributed by atoms with Crippen molar-refractivity contribution < 1.29 is 18.3 Å². The maximum Gasteiger partial charge on any atom is 0.267 e. The van der Waals surface area contributed by atoms with E-state index in [1.54, 1.807) is 13.8 Å². The lowest BCUT2D eigenvalue weighted by atomic mass is 9.98. The summed E-state index contributed by atoms with van der Waals surface area (Å²) in [6.07, 6.45) is 1.48. The summed E-state index contributed by atoms with van der Waals surface area (Å²) in [5.41, 5.74) is -0.137. The fourth-order valence-electron chi connectivity index (χ4n) is 2.40. The second kappa shape index (κ2) is 7.95. The first-order chi connectivity index (χ1) is 12.5. The number of nitrogens with zero attached hydrogens (tertiary/aromatic N) is 2. The van der Waals surface area contributed by atoms with Crippen LogP contribution in [-0.2, 0) is 15.4 Å². The number of anilines is 1. The fourth-order valence-corrected chi connectivity index (χ4v) is 4.75. The molecule has 1 amide bonds. The van der Waals surface area contributed by atoms with E-state index in [0.717, 1.165) is 5.01 Å². The first-order valence-corrected chi connectivity index (χ1v) is 10.9. The number of aromatic nitrogens is 1. The predicted molar refractivity (Wildman–Crippen MR) is 107 cm³/mol. The third kappa shape index (κ3) is 4.66. The largest absolute Gasteiger partial charge is 0.506 e. The average Bonchev–Trinajstić information content (AvgIpc) is 3.08. The van der Waals surface area contributed by atoms with Gasteiger partial charge in [-0.2, -0.15) is 4.31 Å². The SMILES string of the molecule is CCN(CC)S(=O)(=O)c1ccc(O)c(NC(=O)c2cnc(C(C)(C)C)s2)c1. The molecule has 1 aromatic heterocycles. The molecular formula is C18H25N3O4S2. The number of hydrogen-bond donors (Lipinski definition) is 2. The van der Waals surface area contributed by atoms with E-state index in [4.69, 9.17) is 0 Å². The van der Waals surface area contributed by atoms with Crippen molar-refractivity contribution in [2.45, 2.75) is 44.9 Å². The molecule has 1 heterocycles. The highest BCUT2D eigenvalue weighted by Crippen LogP contribution is 2.30. The lowest BCUT2D eigenvalue weighted by Crippen LogP contribution is -2.30. The van der Waals surface area contributed by atoms with Crippen LogP contribution in [0.4, 0.5) is 5.69 Å². The van der Waals surface area contributed by atoms with Gasteiger partial charge in [0.15, 0.2) is 0 Å². The maximum absolute atomic E-state index is 12.7. The van der Waals surface area contributed by atoms with E-state index < -0.39 is 15.9 Å². The summed E-state index contributed by atoms with van der Waals surface area (Å²) in [7, 11) is -3.69. The van der Waals surface area contributed by atoms with Gasteiger partial charge < -0.3 is 10.4 Å². The molecule has 0 saturated heterocycles. The Labute approximate surface area is 164 Å². The zero-order chi connectivity index (χ0) is 20.4. The van der Waals surface area contributed by atoms with Crippen LogP contribution in [-0.4, -0.2) is 41.8 Å². The molecule has 0 aliphatic rings. The highest BCUT2D eigenvalue weighted by molar-refractivity contribution is 7.89. The van der Waals surface area contributed by atoms with Crippen LogP contribution in [0.1, 0.15) is 49.3 Å². The minimum atomic E-state index is -3.69. The Morgan fingerprint density at radius 3 is 2.41 bits per heavy atom. The highest BCUT2D eigenvalue weighted by atomic mass is 32.2. The van der Waals surface area contributed by atoms with Crippen molar-refractivity contribution >= 4 is 33.0 Å². The molecule has 0 radical (unpaired) electrons. The van der Waals surface area contributed by atoms with Crippen LogP contribution in [0, 0.1) is 0 Å². The average molecular weight is 412 g/mol. The van der Waals surface area contributed by atoms with E-state index in [2.05, 4.69) is 10.3 Å². The van der Waals surface area contributed by atoms with Gasteiger partial charge in [-0.05, 0) is 18.2 Å². The third-order valence-electron chi connectivity index (χ3n) is 3.93. The van der Waals surface area contributed by atoms with Crippen LogP contribution < -0.4 is 5.32 Å². The lowest BCUT2D eigenvalue weighted by Gasteiger charge is -2.19. The highest BCUT2D eigenvalue weighted by Gasteiger charge is 2.24. The van der Waals surface area contributed by atoms with Gasteiger partial charge in [0.25, 0.3) is 5.91 Å². The van der Waals surface area contributed by atoms with Gasteiger partial charge in [-0.15, -0.1) is 11.3 Å². The van der Waals surface area contributed by atoms with Gasteiger partial charge in [0.1, 0.15) is 10.6 Å². The summed E-state index contributed by atoms with van der Waals surface area (Å²) in [4.78, 5) is 17.2. The number of thiazole rings is 1. The molecule has 1 aromatic carbocycles. The Bertz CT molecular complexity index is 926. The number of rotatable bonds is 6. The summed E-state index contributed by atoms with van der Waals surface area (Å²) < 4.78 is 26.6. The molecule has 27 heavy (non-hydrogen) atoms. The molecule has 0 unspecified atom stereocenters. The van der Waals surface area contributed by atoms with Crippen molar-refractivity contribution in [2.75, 3.05) is 18.4 Å². The molecule has 9 heteroatoms. The zero-order valence-electron chi connectivity index (χ0n) is 16.1. The number of benzene rings is 1. The fraction of sp³-hybridized carbons (Fsp3) is 0.444. The number of phenolic OH excluding ortho intramolecular Hbond substituents is 1. The van der Waals surface area contributed by atoms with Crippen LogP contribution in [0.5, 0.6) is 5.75 Å². The molecule has 0 saturated carbocycles. The van der Waals surface area contributed by atoms with Crippen LogP contribution >= 0.6 is 11.3 Å². The maximum atomic E-state index is 12.7. The van der Waals surface area contributed by atoms with Crippen molar-refractivity contribution in [1.29, 1.82) is 0 Å². The Hall–Kier alpha value is -1.97. The number of carbonyl (C=O) groups excluding carboxylic acids is 1. The van der Waals surface area contributed by atoms with Crippen molar-refractivity contribution in [1.82, 2.24) is 9.29 Å². The van der Waals surface area contributed by atoms with Gasteiger partial charge in [-0.25, -0.2) is 13.4 Å². The summed E-state index contributed by atoms with van der Waals surface area (Å²) in [6, 6.07) is 3.86. The normalized spacial score (nSPS) is 12.4. The number of sulfonamides is 1. The molecule has 2 N–H and O–H groups in total. The molecule has 0 aliphatic carbocycles. The summed E-state index contributed by atoms with van der Waals surface area (Å²) in [5.74, 6) is -0.655. The number of aromatic hydroxyl groups is 1. The van der Waals surface area contributed by atoms with E-state index in [9.17, 15) is 18.3 Å². The Kier molecular flexibility index (Phi) is 6.28. The van der Waals surface area contributed by atoms with Gasteiger partial charge in [-0.1, -0.05) is 34.6 Å². The van der Waals surface area contributed by atoms with E-state index in [1.165, 1.54) is 40.0 Å². The summed E-state index contributed by atoms with van der Waals surface area (Å²) in [6.45, 7) is 10.2. The van der Waals surface area contributed by atoms with Gasteiger partial charge in [0, 0.05) is 18.5 Å². The van der Waals surface area contributed by atoms with Crippen molar-refractivity contribution in [3.8, 4) is 5.75 Å². The van der Waals surface area contributed by atoms with Crippen molar-refractivity contribution in [3.05, 3.63) is 34.3 Å². The number of hydrogen-bond acceptors (Lipinski definition) is 6. The summed E-state index contributed by atoms with van der Waals surface area (Å²) >= 11 is 1.26.